The van der Waals surface area contributed by atoms with Gasteiger partial charge in [0, 0.05) is 10.6 Å². The summed E-state index contributed by atoms with van der Waals surface area (Å²) in [4.78, 5) is 23.8. The van der Waals surface area contributed by atoms with Gasteiger partial charge in [0.1, 0.15) is 11.2 Å². The number of rotatable bonds is 3. The number of nitrogens with one attached hydrogen (secondary N) is 1. The molecule has 0 saturated heterocycles. The molecule has 1 fully saturated rings. The molecule has 1 heterocycles. The Morgan fingerprint density at radius 3 is 2.80 bits per heavy atom. The quantitative estimate of drug-likeness (QED) is 0.840. The summed E-state index contributed by atoms with van der Waals surface area (Å²) in [6.45, 7) is 0. The Balaban J connectivity index is 1.82. The summed E-state index contributed by atoms with van der Waals surface area (Å²) >= 11 is 1.43. The highest BCUT2D eigenvalue weighted by molar-refractivity contribution is 7.99. The lowest BCUT2D eigenvalue weighted by atomic mass is 10.0. The van der Waals surface area contributed by atoms with Crippen LogP contribution in [0, 0.1) is 11.2 Å². The van der Waals surface area contributed by atoms with Crippen LogP contribution in [0.3, 0.4) is 0 Å². The van der Waals surface area contributed by atoms with Gasteiger partial charge < -0.3 is 10.4 Å². The first-order valence-corrected chi connectivity index (χ1v) is 7.49. The molecular formula is C14H14FNO3S. The van der Waals surface area contributed by atoms with Gasteiger partial charge >= 0.3 is 5.97 Å². The molecule has 0 spiro atoms. The topological polar surface area (TPSA) is 66.4 Å². The van der Waals surface area contributed by atoms with Crippen LogP contribution in [0.25, 0.3) is 0 Å². The van der Waals surface area contributed by atoms with Crippen molar-refractivity contribution in [2.75, 3.05) is 5.75 Å². The van der Waals surface area contributed by atoms with E-state index in [-0.39, 0.29) is 11.9 Å². The van der Waals surface area contributed by atoms with Gasteiger partial charge in [0.25, 0.3) is 0 Å². The minimum atomic E-state index is -1.25. The molecule has 4 nitrogen and oxygen atoms in total. The van der Waals surface area contributed by atoms with Gasteiger partial charge in [0.05, 0.1) is 6.04 Å². The van der Waals surface area contributed by atoms with E-state index in [4.69, 9.17) is 5.11 Å². The van der Waals surface area contributed by atoms with Crippen LogP contribution in [0.1, 0.15) is 30.9 Å². The summed E-state index contributed by atoms with van der Waals surface area (Å²) in [5, 5.41) is 11.9. The van der Waals surface area contributed by atoms with Crippen molar-refractivity contribution in [1.82, 2.24) is 5.32 Å². The van der Waals surface area contributed by atoms with Crippen LogP contribution in [-0.4, -0.2) is 22.7 Å². The van der Waals surface area contributed by atoms with Crippen LogP contribution < -0.4 is 5.32 Å². The second-order valence-corrected chi connectivity index (χ2v) is 6.31. The standard InChI is InChI=1S/C14H14FNO3S/c15-9-3-1-2-8-10(4-7-20-11(8)9)16-12(17)14(5-6-14)13(18)19/h1-3,10H,4-7H2,(H,16,17)(H,18,19)/t10-/m1/s1. The summed E-state index contributed by atoms with van der Waals surface area (Å²) < 4.78 is 13.7. The zero-order valence-electron chi connectivity index (χ0n) is 10.7. The molecule has 106 valence electrons. The monoisotopic (exact) mass is 295 g/mol. The van der Waals surface area contributed by atoms with Crippen molar-refractivity contribution in [1.29, 1.82) is 0 Å². The lowest BCUT2D eigenvalue weighted by Gasteiger charge is -2.27. The third-order valence-electron chi connectivity index (χ3n) is 3.93. The third-order valence-corrected chi connectivity index (χ3v) is 5.08. The van der Waals surface area contributed by atoms with E-state index < -0.39 is 17.3 Å². The Labute approximate surface area is 119 Å². The number of hydrogen-bond donors (Lipinski definition) is 2. The lowest BCUT2D eigenvalue weighted by molar-refractivity contribution is -0.149. The molecule has 1 aromatic rings. The van der Waals surface area contributed by atoms with E-state index in [0.29, 0.717) is 29.9 Å². The number of benzene rings is 1. The van der Waals surface area contributed by atoms with Crippen LogP contribution in [0.5, 0.6) is 0 Å². The molecule has 0 radical (unpaired) electrons. The van der Waals surface area contributed by atoms with Crippen LogP contribution in [0.15, 0.2) is 23.1 Å². The first kappa shape index (κ1) is 13.4. The summed E-state index contributed by atoms with van der Waals surface area (Å²) in [6, 6.07) is 4.50. The average molecular weight is 295 g/mol. The largest absolute Gasteiger partial charge is 0.480 e. The number of carboxylic acids is 1. The Hall–Kier alpha value is -1.56. The first-order chi connectivity index (χ1) is 9.54. The summed E-state index contributed by atoms with van der Waals surface area (Å²) in [6.07, 6.45) is 1.44. The second-order valence-electron chi connectivity index (χ2n) is 5.21. The molecule has 3 rings (SSSR count). The highest BCUT2D eigenvalue weighted by Gasteiger charge is 2.57. The maximum atomic E-state index is 13.7. The number of carbonyl (C=O) groups excluding carboxylic acids is 1. The van der Waals surface area contributed by atoms with E-state index in [2.05, 4.69) is 5.32 Å². The molecule has 20 heavy (non-hydrogen) atoms. The predicted molar refractivity (Wildman–Crippen MR) is 71.9 cm³/mol. The van der Waals surface area contributed by atoms with Gasteiger partial charge in [0.2, 0.25) is 5.91 Å². The van der Waals surface area contributed by atoms with Crippen molar-refractivity contribution in [3.8, 4) is 0 Å². The minimum Gasteiger partial charge on any atom is -0.480 e. The van der Waals surface area contributed by atoms with E-state index in [1.807, 2.05) is 0 Å². The number of carbonyl (C=O) groups is 2. The van der Waals surface area contributed by atoms with Crippen LogP contribution >= 0.6 is 11.8 Å². The van der Waals surface area contributed by atoms with Gasteiger partial charge in [-0.3, -0.25) is 9.59 Å². The molecule has 1 aromatic carbocycles. The zero-order valence-corrected chi connectivity index (χ0v) is 11.5. The molecule has 6 heteroatoms. The highest BCUT2D eigenvalue weighted by atomic mass is 32.2. The average Bonchev–Trinajstić information content (AvgIpc) is 3.21. The van der Waals surface area contributed by atoms with Gasteiger partial charge in [0.15, 0.2) is 0 Å². The smallest absolute Gasteiger partial charge is 0.319 e. The van der Waals surface area contributed by atoms with Gasteiger partial charge in [-0.1, -0.05) is 12.1 Å². The highest BCUT2D eigenvalue weighted by Crippen LogP contribution is 2.47. The molecule has 1 amide bonds. The van der Waals surface area contributed by atoms with Crippen molar-refractivity contribution < 1.29 is 19.1 Å². The predicted octanol–water partition coefficient (Wildman–Crippen LogP) is 2.34. The maximum Gasteiger partial charge on any atom is 0.319 e. The van der Waals surface area contributed by atoms with Gasteiger partial charge in [-0.25, -0.2) is 4.39 Å². The Kier molecular flexibility index (Phi) is 3.20. The Morgan fingerprint density at radius 2 is 2.15 bits per heavy atom. The Bertz CT molecular complexity index is 586. The van der Waals surface area contributed by atoms with Crippen molar-refractivity contribution >= 4 is 23.6 Å². The molecule has 0 unspecified atom stereocenters. The number of halogens is 1. The van der Waals surface area contributed by atoms with Crippen LogP contribution in [0.2, 0.25) is 0 Å². The minimum absolute atomic E-state index is 0.286. The maximum absolute atomic E-state index is 13.7. The van der Waals surface area contributed by atoms with Crippen molar-refractivity contribution in [3.05, 3.63) is 29.6 Å². The summed E-state index contributed by atoms with van der Waals surface area (Å²) in [5.41, 5.74) is -0.506. The van der Waals surface area contributed by atoms with E-state index in [9.17, 15) is 14.0 Å². The van der Waals surface area contributed by atoms with Crippen molar-refractivity contribution in [2.45, 2.75) is 30.2 Å². The van der Waals surface area contributed by atoms with Crippen LogP contribution in [0.4, 0.5) is 4.39 Å². The number of hydrogen-bond acceptors (Lipinski definition) is 3. The fourth-order valence-corrected chi connectivity index (χ4v) is 3.64. The molecular weight excluding hydrogens is 281 g/mol. The van der Waals surface area contributed by atoms with Crippen molar-refractivity contribution in [3.63, 3.8) is 0 Å². The first-order valence-electron chi connectivity index (χ1n) is 6.50. The fourth-order valence-electron chi connectivity index (χ4n) is 2.50. The van der Waals surface area contributed by atoms with Gasteiger partial charge in [-0.15, -0.1) is 11.8 Å². The number of aliphatic carboxylic acids is 1. The van der Waals surface area contributed by atoms with Crippen molar-refractivity contribution in [2.24, 2.45) is 5.41 Å². The molecule has 2 aliphatic rings. The normalized spacial score (nSPS) is 22.8. The Morgan fingerprint density at radius 1 is 1.40 bits per heavy atom. The number of thioether (sulfide) groups is 1. The van der Waals surface area contributed by atoms with Gasteiger partial charge in [-0.2, -0.15) is 0 Å². The molecule has 2 N–H and O–H groups in total. The third kappa shape index (κ3) is 2.08. The zero-order chi connectivity index (χ0) is 14.3. The summed E-state index contributed by atoms with van der Waals surface area (Å²) in [7, 11) is 0. The van der Waals surface area contributed by atoms with Gasteiger partial charge in [-0.05, 0) is 30.9 Å². The SMILES string of the molecule is O=C(O)C1(C(=O)N[C@@H]2CCSc3c(F)cccc32)CC1. The fraction of sp³-hybridized carbons (Fsp3) is 0.429. The van der Waals surface area contributed by atoms with E-state index in [1.54, 1.807) is 12.1 Å². The molecule has 1 aliphatic carbocycles. The number of carboxylic acid groups (broad SMARTS) is 1. The molecule has 1 saturated carbocycles. The number of fused-ring (bicyclic) bond motifs is 1. The molecule has 0 bridgehead atoms. The molecule has 1 aliphatic heterocycles. The van der Waals surface area contributed by atoms with E-state index in [0.717, 1.165) is 5.56 Å². The summed E-state index contributed by atoms with van der Waals surface area (Å²) in [5.74, 6) is -1.10. The number of amides is 1. The molecule has 0 aromatic heterocycles. The second kappa shape index (κ2) is 4.77. The van der Waals surface area contributed by atoms with Crippen LogP contribution in [-0.2, 0) is 9.59 Å². The molecule has 1 atom stereocenters. The van der Waals surface area contributed by atoms with E-state index >= 15 is 0 Å². The van der Waals surface area contributed by atoms with E-state index in [1.165, 1.54) is 17.8 Å². The lowest BCUT2D eigenvalue weighted by Crippen LogP contribution is -2.40.